The molecule has 0 radical (unpaired) electrons. The van der Waals surface area contributed by atoms with Gasteiger partial charge in [-0.3, -0.25) is 4.79 Å². The number of benzene rings is 1. The van der Waals surface area contributed by atoms with E-state index in [4.69, 9.17) is 5.73 Å². The molecule has 0 aliphatic carbocycles. The average molecular weight is 304 g/mol. The van der Waals surface area contributed by atoms with Gasteiger partial charge in [-0.05, 0) is 39.0 Å². The Kier molecular flexibility index (Phi) is 3.81. The minimum atomic E-state index is -1.01. The SMILES string of the molecule is CC(C)(C)C(C(=O)O)c1cc(F)cc(Br)c1N. The molecule has 0 aromatic heterocycles. The van der Waals surface area contributed by atoms with Crippen LogP contribution in [-0.4, -0.2) is 11.1 Å². The Morgan fingerprint density at radius 3 is 2.41 bits per heavy atom. The molecule has 0 spiro atoms. The quantitative estimate of drug-likeness (QED) is 0.823. The molecule has 3 nitrogen and oxygen atoms in total. The van der Waals surface area contributed by atoms with Crippen molar-refractivity contribution >= 4 is 27.6 Å². The number of aliphatic carboxylic acids is 1. The third-order valence-electron chi connectivity index (χ3n) is 2.55. The number of halogens is 2. The first kappa shape index (κ1) is 14.0. The number of carboxylic acids is 1. The third-order valence-corrected chi connectivity index (χ3v) is 3.21. The van der Waals surface area contributed by atoms with E-state index in [0.29, 0.717) is 10.0 Å². The van der Waals surface area contributed by atoms with E-state index in [0.717, 1.165) is 0 Å². The van der Waals surface area contributed by atoms with Crippen molar-refractivity contribution in [2.24, 2.45) is 5.41 Å². The fraction of sp³-hybridized carbons (Fsp3) is 0.417. The molecule has 1 atom stereocenters. The number of rotatable bonds is 2. The second-order valence-electron chi connectivity index (χ2n) is 5.03. The van der Waals surface area contributed by atoms with Gasteiger partial charge >= 0.3 is 5.97 Å². The van der Waals surface area contributed by atoms with E-state index in [2.05, 4.69) is 15.9 Å². The van der Waals surface area contributed by atoms with Crippen LogP contribution in [-0.2, 0) is 4.79 Å². The Morgan fingerprint density at radius 2 is 2.00 bits per heavy atom. The highest BCUT2D eigenvalue weighted by Gasteiger charge is 2.34. The summed E-state index contributed by atoms with van der Waals surface area (Å²) in [6.45, 7) is 5.35. The van der Waals surface area contributed by atoms with Crippen molar-refractivity contribution in [2.45, 2.75) is 26.7 Å². The molecule has 1 aromatic rings. The standard InChI is InChI=1S/C12H15BrFNO2/c1-12(2,3)9(11(16)17)7-4-6(14)5-8(13)10(7)15/h4-5,9H,15H2,1-3H3,(H,16,17). The summed E-state index contributed by atoms with van der Waals surface area (Å²) in [4.78, 5) is 11.3. The normalized spacial score (nSPS) is 13.5. The number of hydrogen-bond donors (Lipinski definition) is 2. The van der Waals surface area contributed by atoms with E-state index in [-0.39, 0.29) is 5.69 Å². The topological polar surface area (TPSA) is 63.3 Å². The fourth-order valence-corrected chi connectivity index (χ4v) is 2.26. The van der Waals surface area contributed by atoms with Gasteiger partial charge in [0, 0.05) is 4.47 Å². The predicted octanol–water partition coefficient (Wildman–Crippen LogP) is 3.38. The Hall–Kier alpha value is -1.10. The van der Waals surface area contributed by atoms with Gasteiger partial charge in [-0.2, -0.15) is 0 Å². The van der Waals surface area contributed by atoms with Crippen molar-refractivity contribution < 1.29 is 14.3 Å². The van der Waals surface area contributed by atoms with Crippen LogP contribution < -0.4 is 5.73 Å². The van der Waals surface area contributed by atoms with Crippen molar-refractivity contribution in [3.63, 3.8) is 0 Å². The Bertz CT molecular complexity index is 455. The van der Waals surface area contributed by atoms with Gasteiger partial charge in [0.05, 0.1) is 11.6 Å². The van der Waals surface area contributed by atoms with E-state index < -0.39 is 23.1 Å². The molecule has 0 amide bonds. The average Bonchev–Trinajstić information content (AvgIpc) is 2.10. The molecule has 17 heavy (non-hydrogen) atoms. The minimum Gasteiger partial charge on any atom is -0.481 e. The summed E-state index contributed by atoms with van der Waals surface area (Å²) in [6, 6.07) is 2.41. The van der Waals surface area contributed by atoms with Crippen molar-refractivity contribution in [1.29, 1.82) is 0 Å². The summed E-state index contributed by atoms with van der Waals surface area (Å²) in [5, 5.41) is 9.28. The maximum Gasteiger partial charge on any atom is 0.311 e. The van der Waals surface area contributed by atoms with E-state index in [1.54, 1.807) is 20.8 Å². The number of carboxylic acid groups (broad SMARTS) is 1. The molecule has 1 rings (SSSR count). The predicted molar refractivity (Wildman–Crippen MR) is 68.3 cm³/mol. The van der Waals surface area contributed by atoms with Crippen molar-refractivity contribution in [3.05, 3.63) is 28.0 Å². The number of nitrogens with two attached hydrogens (primary N) is 1. The molecule has 0 aliphatic rings. The lowest BCUT2D eigenvalue weighted by molar-refractivity contribution is -0.141. The highest BCUT2D eigenvalue weighted by molar-refractivity contribution is 9.10. The number of hydrogen-bond acceptors (Lipinski definition) is 2. The van der Waals surface area contributed by atoms with Crippen LogP contribution in [0.15, 0.2) is 16.6 Å². The van der Waals surface area contributed by atoms with Crippen LogP contribution in [0.25, 0.3) is 0 Å². The molecule has 0 bridgehead atoms. The van der Waals surface area contributed by atoms with E-state index in [9.17, 15) is 14.3 Å². The van der Waals surface area contributed by atoms with Gasteiger partial charge in [0.1, 0.15) is 5.82 Å². The van der Waals surface area contributed by atoms with Crippen LogP contribution in [0, 0.1) is 11.2 Å². The van der Waals surface area contributed by atoms with Gasteiger partial charge in [0.25, 0.3) is 0 Å². The summed E-state index contributed by atoms with van der Waals surface area (Å²) in [5.74, 6) is -2.37. The maximum absolute atomic E-state index is 13.3. The highest BCUT2D eigenvalue weighted by atomic mass is 79.9. The lowest BCUT2D eigenvalue weighted by Crippen LogP contribution is -2.27. The van der Waals surface area contributed by atoms with Crippen molar-refractivity contribution in [1.82, 2.24) is 0 Å². The Morgan fingerprint density at radius 1 is 1.47 bits per heavy atom. The van der Waals surface area contributed by atoms with Gasteiger partial charge in [0.2, 0.25) is 0 Å². The Balaban J connectivity index is 3.44. The van der Waals surface area contributed by atoms with E-state index in [1.807, 2.05) is 0 Å². The van der Waals surface area contributed by atoms with Gasteiger partial charge < -0.3 is 10.8 Å². The zero-order chi connectivity index (χ0) is 13.4. The van der Waals surface area contributed by atoms with Gasteiger partial charge in [-0.15, -0.1) is 0 Å². The minimum absolute atomic E-state index is 0.272. The smallest absolute Gasteiger partial charge is 0.311 e. The summed E-state index contributed by atoms with van der Waals surface area (Å²) >= 11 is 3.12. The highest BCUT2D eigenvalue weighted by Crippen LogP contribution is 2.40. The lowest BCUT2D eigenvalue weighted by atomic mass is 9.76. The van der Waals surface area contributed by atoms with E-state index in [1.165, 1.54) is 12.1 Å². The van der Waals surface area contributed by atoms with Crippen LogP contribution in [0.1, 0.15) is 32.3 Å². The molecule has 0 heterocycles. The molecule has 1 aromatic carbocycles. The molecule has 94 valence electrons. The molecule has 0 saturated heterocycles. The van der Waals surface area contributed by atoms with Crippen LogP contribution in [0.5, 0.6) is 0 Å². The van der Waals surface area contributed by atoms with Crippen molar-refractivity contribution in [2.75, 3.05) is 5.73 Å². The number of carbonyl (C=O) groups is 1. The molecule has 0 fully saturated rings. The van der Waals surface area contributed by atoms with E-state index >= 15 is 0 Å². The molecule has 0 saturated carbocycles. The largest absolute Gasteiger partial charge is 0.481 e. The zero-order valence-electron chi connectivity index (χ0n) is 9.92. The molecule has 1 unspecified atom stereocenters. The van der Waals surface area contributed by atoms with Crippen LogP contribution in [0.4, 0.5) is 10.1 Å². The first-order valence-electron chi connectivity index (χ1n) is 5.12. The first-order valence-corrected chi connectivity index (χ1v) is 5.91. The summed E-state index contributed by atoms with van der Waals surface area (Å²) in [5.41, 5.74) is 5.84. The summed E-state index contributed by atoms with van der Waals surface area (Å²) in [6.07, 6.45) is 0. The maximum atomic E-state index is 13.3. The van der Waals surface area contributed by atoms with Crippen LogP contribution >= 0.6 is 15.9 Å². The molecule has 5 heteroatoms. The number of anilines is 1. The van der Waals surface area contributed by atoms with Crippen LogP contribution in [0.3, 0.4) is 0 Å². The lowest BCUT2D eigenvalue weighted by Gasteiger charge is -2.28. The third kappa shape index (κ3) is 2.97. The molecular weight excluding hydrogens is 289 g/mol. The zero-order valence-corrected chi connectivity index (χ0v) is 11.5. The molecule has 0 aliphatic heterocycles. The second kappa shape index (κ2) is 4.64. The van der Waals surface area contributed by atoms with Gasteiger partial charge in [-0.25, -0.2) is 4.39 Å². The first-order chi connectivity index (χ1) is 7.64. The second-order valence-corrected chi connectivity index (χ2v) is 5.88. The summed E-state index contributed by atoms with van der Waals surface area (Å²) < 4.78 is 13.7. The molecule has 3 N–H and O–H groups in total. The number of nitrogen functional groups attached to an aromatic ring is 1. The van der Waals surface area contributed by atoms with Gasteiger partial charge in [0.15, 0.2) is 0 Å². The molecular formula is C12H15BrFNO2. The fourth-order valence-electron chi connectivity index (χ4n) is 1.81. The van der Waals surface area contributed by atoms with Crippen LogP contribution in [0.2, 0.25) is 0 Å². The monoisotopic (exact) mass is 303 g/mol. The van der Waals surface area contributed by atoms with Gasteiger partial charge in [-0.1, -0.05) is 20.8 Å². The summed E-state index contributed by atoms with van der Waals surface area (Å²) in [7, 11) is 0. The Labute approximate surface area is 108 Å². The van der Waals surface area contributed by atoms with Crippen molar-refractivity contribution in [3.8, 4) is 0 Å².